The number of ether oxygens (including phenoxy) is 2. The van der Waals surface area contributed by atoms with Gasteiger partial charge in [0.05, 0.1) is 19.3 Å². The third-order valence-electron chi connectivity index (χ3n) is 6.42. The predicted octanol–water partition coefficient (Wildman–Crippen LogP) is 5.61. The van der Waals surface area contributed by atoms with Crippen LogP contribution in [-0.2, 0) is 25.5 Å². The average Bonchev–Trinajstić information content (AvgIpc) is 3.30. The van der Waals surface area contributed by atoms with Crippen molar-refractivity contribution in [3.8, 4) is 0 Å². The van der Waals surface area contributed by atoms with E-state index in [-0.39, 0.29) is 30.2 Å². The Morgan fingerprint density at radius 2 is 2.00 bits per heavy atom. The first kappa shape index (κ1) is 33.1. The Morgan fingerprint density at radius 3 is 2.62 bits per heavy atom. The fraction of sp³-hybridized carbons (Fsp3) is 0.621. The Labute approximate surface area is 246 Å². The molecule has 1 N–H and O–H groups in total. The molecule has 0 saturated carbocycles. The Balaban J connectivity index is 2.38. The molecule has 0 spiro atoms. The molecule has 1 saturated heterocycles. The Hall–Kier alpha value is -2.10. The number of nitrogens with zero attached hydrogens (tertiary/aromatic N) is 2. The molecular weight excluding hydrogens is 586 g/mol. The second-order valence-corrected chi connectivity index (χ2v) is 12.7. The topological polar surface area (TPSA) is 88.2 Å². The SMILES string of the molecule is C=CCOC[C@H]1CCCN1C(=O)[C@H](Cc1cc(Cl)ccc1Br)N(C)C(=O)[C@H](CC(C)C)NC(=O)OC(C)(C)C. The molecule has 39 heavy (non-hydrogen) atoms. The van der Waals surface area contributed by atoms with Crippen molar-refractivity contribution in [1.82, 2.24) is 15.1 Å². The van der Waals surface area contributed by atoms with Crippen LogP contribution in [0.15, 0.2) is 35.3 Å². The molecule has 8 nitrogen and oxygen atoms in total. The van der Waals surface area contributed by atoms with Crippen molar-refractivity contribution in [2.45, 2.75) is 84.0 Å². The molecule has 3 amide bonds. The van der Waals surface area contributed by atoms with E-state index in [1.807, 2.05) is 24.8 Å². The second kappa shape index (κ2) is 15.1. The third-order valence-corrected chi connectivity index (χ3v) is 7.43. The maximum Gasteiger partial charge on any atom is 0.408 e. The summed E-state index contributed by atoms with van der Waals surface area (Å²) >= 11 is 9.84. The number of nitrogens with one attached hydrogen (secondary N) is 1. The lowest BCUT2D eigenvalue weighted by molar-refractivity contribution is -0.146. The van der Waals surface area contributed by atoms with E-state index in [0.29, 0.717) is 31.2 Å². The first-order valence-corrected chi connectivity index (χ1v) is 14.6. The van der Waals surface area contributed by atoms with Crippen molar-refractivity contribution in [2.24, 2.45) is 5.92 Å². The van der Waals surface area contributed by atoms with Crippen molar-refractivity contribution in [3.63, 3.8) is 0 Å². The fourth-order valence-electron chi connectivity index (χ4n) is 4.62. The van der Waals surface area contributed by atoms with Crippen molar-refractivity contribution in [1.29, 1.82) is 0 Å². The van der Waals surface area contributed by atoms with Crippen LogP contribution in [0.5, 0.6) is 0 Å². The van der Waals surface area contributed by atoms with Gasteiger partial charge in [0.1, 0.15) is 17.7 Å². The molecule has 1 fully saturated rings. The van der Waals surface area contributed by atoms with Gasteiger partial charge >= 0.3 is 6.09 Å². The lowest BCUT2D eigenvalue weighted by Gasteiger charge is -2.36. The molecule has 0 bridgehead atoms. The highest BCUT2D eigenvalue weighted by Crippen LogP contribution is 2.27. The van der Waals surface area contributed by atoms with E-state index in [2.05, 4.69) is 27.8 Å². The number of carbonyl (C=O) groups excluding carboxylic acids is 3. The number of likely N-dealkylation sites (tertiary alicyclic amines) is 1. The summed E-state index contributed by atoms with van der Waals surface area (Å²) in [6, 6.07) is 3.63. The van der Waals surface area contributed by atoms with Crippen molar-refractivity contribution < 1.29 is 23.9 Å². The summed E-state index contributed by atoms with van der Waals surface area (Å²) in [4.78, 5) is 43.9. The minimum Gasteiger partial charge on any atom is -0.444 e. The van der Waals surface area contributed by atoms with Crippen LogP contribution in [-0.4, -0.2) is 78.2 Å². The zero-order valence-electron chi connectivity index (χ0n) is 24.0. The van der Waals surface area contributed by atoms with E-state index in [1.165, 1.54) is 4.90 Å². The van der Waals surface area contributed by atoms with Crippen LogP contribution in [0.3, 0.4) is 0 Å². The van der Waals surface area contributed by atoms with E-state index in [9.17, 15) is 14.4 Å². The first-order chi connectivity index (χ1) is 18.2. The number of rotatable bonds is 12. The van der Waals surface area contributed by atoms with Gasteiger partial charge in [-0.05, 0) is 69.7 Å². The zero-order chi connectivity index (χ0) is 29.3. The van der Waals surface area contributed by atoms with Gasteiger partial charge < -0.3 is 24.6 Å². The normalized spacial score (nSPS) is 17.1. The largest absolute Gasteiger partial charge is 0.444 e. The van der Waals surface area contributed by atoms with Gasteiger partial charge in [-0.15, -0.1) is 6.58 Å². The van der Waals surface area contributed by atoms with Crippen LogP contribution >= 0.6 is 27.5 Å². The van der Waals surface area contributed by atoms with E-state index in [0.717, 1.165) is 22.9 Å². The average molecular weight is 629 g/mol. The maximum absolute atomic E-state index is 14.1. The van der Waals surface area contributed by atoms with Crippen LogP contribution in [0.2, 0.25) is 5.02 Å². The molecule has 0 aromatic heterocycles. The summed E-state index contributed by atoms with van der Waals surface area (Å²) in [6.45, 7) is 14.3. The highest BCUT2D eigenvalue weighted by Gasteiger charge is 2.39. The van der Waals surface area contributed by atoms with Crippen LogP contribution in [0.4, 0.5) is 4.79 Å². The smallest absolute Gasteiger partial charge is 0.408 e. The highest BCUT2D eigenvalue weighted by molar-refractivity contribution is 9.10. The van der Waals surface area contributed by atoms with Crippen LogP contribution in [0, 0.1) is 5.92 Å². The minimum atomic E-state index is -0.853. The molecule has 1 aromatic rings. The van der Waals surface area contributed by atoms with Crippen molar-refractivity contribution in [3.05, 3.63) is 45.9 Å². The molecule has 3 atom stereocenters. The summed E-state index contributed by atoms with van der Waals surface area (Å²) in [6.07, 6.45) is 3.33. The summed E-state index contributed by atoms with van der Waals surface area (Å²) in [5, 5.41) is 3.28. The third kappa shape index (κ3) is 10.4. The molecule has 2 rings (SSSR count). The second-order valence-electron chi connectivity index (χ2n) is 11.4. The molecule has 1 aliphatic rings. The Bertz CT molecular complexity index is 1010. The van der Waals surface area contributed by atoms with Crippen LogP contribution in [0.1, 0.15) is 59.4 Å². The maximum atomic E-state index is 14.1. The molecule has 1 aromatic carbocycles. The Morgan fingerprint density at radius 1 is 1.31 bits per heavy atom. The number of amides is 3. The summed E-state index contributed by atoms with van der Waals surface area (Å²) in [7, 11) is 1.62. The number of benzene rings is 1. The summed E-state index contributed by atoms with van der Waals surface area (Å²) < 4.78 is 11.9. The predicted molar refractivity (Wildman–Crippen MR) is 158 cm³/mol. The van der Waals surface area contributed by atoms with Gasteiger partial charge in [-0.3, -0.25) is 9.59 Å². The molecule has 1 aliphatic heterocycles. The molecule has 0 unspecified atom stereocenters. The summed E-state index contributed by atoms with van der Waals surface area (Å²) in [5.41, 5.74) is 0.0941. The van der Waals surface area contributed by atoms with Crippen LogP contribution in [0.25, 0.3) is 0 Å². The van der Waals surface area contributed by atoms with E-state index in [1.54, 1.807) is 46.0 Å². The summed E-state index contributed by atoms with van der Waals surface area (Å²) in [5.74, 6) is -0.406. The van der Waals surface area contributed by atoms with Crippen LogP contribution < -0.4 is 5.32 Å². The number of hydrogen-bond donors (Lipinski definition) is 1. The molecule has 1 heterocycles. The number of alkyl carbamates (subject to hydrolysis) is 1. The van der Waals surface area contributed by atoms with E-state index in [4.69, 9.17) is 21.1 Å². The highest BCUT2D eigenvalue weighted by atomic mass is 79.9. The van der Waals surface area contributed by atoms with Gasteiger partial charge in [-0.25, -0.2) is 4.79 Å². The van der Waals surface area contributed by atoms with Crippen molar-refractivity contribution in [2.75, 3.05) is 26.8 Å². The van der Waals surface area contributed by atoms with E-state index >= 15 is 0 Å². The van der Waals surface area contributed by atoms with Gasteiger partial charge in [0.15, 0.2) is 0 Å². The quantitative estimate of drug-likeness (QED) is 0.240. The minimum absolute atomic E-state index is 0.0856. The van der Waals surface area contributed by atoms with Gasteiger partial charge in [-0.1, -0.05) is 47.5 Å². The molecule has 0 aliphatic carbocycles. The molecule has 218 valence electrons. The van der Waals surface area contributed by atoms with E-state index < -0.39 is 23.8 Å². The zero-order valence-corrected chi connectivity index (χ0v) is 26.3. The molecular formula is C29H43BrClN3O5. The lowest BCUT2D eigenvalue weighted by atomic mass is 9.99. The number of hydrogen-bond acceptors (Lipinski definition) is 5. The monoisotopic (exact) mass is 627 g/mol. The van der Waals surface area contributed by atoms with Gasteiger partial charge in [0.2, 0.25) is 11.8 Å². The first-order valence-electron chi connectivity index (χ1n) is 13.4. The lowest BCUT2D eigenvalue weighted by Crippen LogP contribution is -2.57. The van der Waals surface area contributed by atoms with Gasteiger partial charge in [0.25, 0.3) is 0 Å². The molecule has 10 heteroatoms. The fourth-order valence-corrected chi connectivity index (χ4v) is 5.22. The number of likely N-dealkylation sites (N-methyl/N-ethyl adjacent to an activating group) is 1. The van der Waals surface area contributed by atoms with Gasteiger partial charge in [0, 0.05) is 29.5 Å². The Kier molecular flexibility index (Phi) is 12.8. The number of carbonyl (C=O) groups is 3. The number of halogens is 2. The standard InChI is InChI=1S/C29H43BrClN3O5/c1-8-14-38-18-22-10-9-13-34(22)27(36)25(17-20-16-21(31)11-12-23(20)30)33(7)26(35)24(15-19(2)3)32-28(37)39-29(4,5)6/h8,11-12,16,19,22,24-25H,1,9-10,13-15,17-18H2,2-7H3,(H,32,37)/t22-,24+,25+/m1/s1. The molecule has 0 radical (unpaired) electrons. The van der Waals surface area contributed by atoms with Gasteiger partial charge in [-0.2, -0.15) is 0 Å². The van der Waals surface area contributed by atoms with Crippen molar-refractivity contribution >= 4 is 45.4 Å².